The molecule has 12 heavy (non-hydrogen) atoms. The molecule has 62 valence electrons. The predicted octanol–water partition coefficient (Wildman–Crippen LogP) is 4.35. The highest BCUT2D eigenvalue weighted by Crippen LogP contribution is 2.42. The maximum Gasteiger partial charge on any atom is 0.0447 e. The topological polar surface area (TPSA) is 0 Å². The van der Waals surface area contributed by atoms with Gasteiger partial charge in [0.25, 0.3) is 0 Å². The van der Waals surface area contributed by atoms with Gasteiger partial charge in [-0.3, -0.25) is 0 Å². The Kier molecular flexibility index (Phi) is 2.32. The van der Waals surface area contributed by atoms with Gasteiger partial charge >= 0.3 is 0 Å². The van der Waals surface area contributed by atoms with Crippen molar-refractivity contribution in [2.45, 2.75) is 6.42 Å². The zero-order chi connectivity index (χ0) is 8.72. The van der Waals surface area contributed by atoms with Crippen molar-refractivity contribution in [1.82, 2.24) is 0 Å². The standard InChI is InChI=1S/C9H5Br2Cl/c10-7-4-6-5(9(7)11)2-1-3-8(6)12/h1-3H,4H2. The molecule has 0 saturated heterocycles. The number of rotatable bonds is 0. The van der Waals surface area contributed by atoms with Gasteiger partial charge in [0.15, 0.2) is 0 Å². The summed E-state index contributed by atoms with van der Waals surface area (Å²) in [6, 6.07) is 5.96. The first kappa shape index (κ1) is 8.79. The number of hydrogen-bond donors (Lipinski definition) is 0. The summed E-state index contributed by atoms with van der Waals surface area (Å²) in [6.07, 6.45) is 0.898. The van der Waals surface area contributed by atoms with E-state index in [9.17, 15) is 0 Å². The van der Waals surface area contributed by atoms with E-state index in [2.05, 4.69) is 37.9 Å². The van der Waals surface area contributed by atoms with Crippen LogP contribution in [-0.2, 0) is 6.42 Å². The summed E-state index contributed by atoms with van der Waals surface area (Å²) in [6.45, 7) is 0. The van der Waals surface area contributed by atoms with E-state index >= 15 is 0 Å². The van der Waals surface area contributed by atoms with Crippen LogP contribution in [0.4, 0.5) is 0 Å². The van der Waals surface area contributed by atoms with E-state index < -0.39 is 0 Å². The minimum Gasteiger partial charge on any atom is -0.0840 e. The summed E-state index contributed by atoms with van der Waals surface area (Å²) < 4.78 is 2.30. The van der Waals surface area contributed by atoms with E-state index in [1.54, 1.807) is 0 Å². The lowest BCUT2D eigenvalue weighted by atomic mass is 10.1. The first-order chi connectivity index (χ1) is 5.70. The van der Waals surface area contributed by atoms with Crippen LogP contribution in [0.3, 0.4) is 0 Å². The molecule has 0 nitrogen and oxygen atoms in total. The van der Waals surface area contributed by atoms with Crippen LogP contribution >= 0.6 is 43.5 Å². The molecular weight excluding hydrogens is 303 g/mol. The SMILES string of the molecule is Clc1cccc2c1CC(Br)=C2Br. The third-order valence-electron chi connectivity index (χ3n) is 1.93. The summed E-state index contributed by atoms with van der Waals surface area (Å²) in [5.74, 6) is 0. The van der Waals surface area contributed by atoms with Gasteiger partial charge in [0.2, 0.25) is 0 Å². The summed E-state index contributed by atoms with van der Waals surface area (Å²) >= 11 is 13.0. The van der Waals surface area contributed by atoms with Crippen LogP contribution in [0.15, 0.2) is 22.7 Å². The van der Waals surface area contributed by atoms with E-state index in [-0.39, 0.29) is 0 Å². The molecule has 0 unspecified atom stereocenters. The van der Waals surface area contributed by atoms with Crippen molar-refractivity contribution in [2.75, 3.05) is 0 Å². The quantitative estimate of drug-likeness (QED) is 0.668. The Hall–Kier alpha value is 0.210. The van der Waals surface area contributed by atoms with Gasteiger partial charge in [-0.1, -0.05) is 39.7 Å². The second kappa shape index (κ2) is 3.17. The molecule has 0 spiro atoms. The van der Waals surface area contributed by atoms with Gasteiger partial charge in [-0.25, -0.2) is 0 Å². The van der Waals surface area contributed by atoms with Gasteiger partial charge < -0.3 is 0 Å². The third-order valence-corrected chi connectivity index (χ3v) is 4.39. The van der Waals surface area contributed by atoms with Crippen molar-refractivity contribution >= 4 is 47.9 Å². The van der Waals surface area contributed by atoms with Crippen LogP contribution in [0.2, 0.25) is 5.02 Å². The number of fused-ring (bicyclic) bond motifs is 1. The molecule has 0 aromatic heterocycles. The maximum absolute atomic E-state index is 6.03. The van der Waals surface area contributed by atoms with Crippen molar-refractivity contribution in [3.8, 4) is 0 Å². The number of allylic oxidation sites excluding steroid dienone is 1. The average Bonchev–Trinajstić information content (AvgIpc) is 2.32. The molecule has 0 N–H and O–H groups in total. The highest BCUT2D eigenvalue weighted by atomic mass is 79.9. The first-order valence-corrected chi connectivity index (χ1v) is 5.48. The van der Waals surface area contributed by atoms with Crippen LogP contribution in [0.5, 0.6) is 0 Å². The maximum atomic E-state index is 6.03. The van der Waals surface area contributed by atoms with Crippen molar-refractivity contribution in [3.63, 3.8) is 0 Å². The summed E-state index contributed by atoms with van der Waals surface area (Å²) in [7, 11) is 0. The van der Waals surface area contributed by atoms with Crippen LogP contribution in [0.25, 0.3) is 4.48 Å². The van der Waals surface area contributed by atoms with Crippen molar-refractivity contribution in [1.29, 1.82) is 0 Å². The van der Waals surface area contributed by atoms with Crippen molar-refractivity contribution in [2.24, 2.45) is 0 Å². The third kappa shape index (κ3) is 1.26. The van der Waals surface area contributed by atoms with E-state index in [1.165, 1.54) is 15.6 Å². The Bertz CT molecular complexity index is 369. The first-order valence-electron chi connectivity index (χ1n) is 3.52. The van der Waals surface area contributed by atoms with E-state index in [0.29, 0.717) is 0 Å². The molecule has 0 amide bonds. The Morgan fingerprint density at radius 1 is 1.25 bits per heavy atom. The molecule has 2 rings (SSSR count). The minimum absolute atomic E-state index is 0.846. The highest BCUT2D eigenvalue weighted by Gasteiger charge is 2.19. The lowest BCUT2D eigenvalue weighted by molar-refractivity contribution is 1.30. The smallest absolute Gasteiger partial charge is 0.0447 e. The fourth-order valence-electron chi connectivity index (χ4n) is 1.32. The molecule has 0 radical (unpaired) electrons. The number of hydrogen-bond acceptors (Lipinski definition) is 0. The molecule has 0 fully saturated rings. The Morgan fingerprint density at radius 2 is 2.00 bits per heavy atom. The zero-order valence-electron chi connectivity index (χ0n) is 6.07. The van der Waals surface area contributed by atoms with Crippen molar-refractivity contribution < 1.29 is 0 Å². The second-order valence-corrected chi connectivity index (χ2v) is 4.82. The van der Waals surface area contributed by atoms with Crippen LogP contribution < -0.4 is 0 Å². The predicted molar refractivity (Wildman–Crippen MR) is 59.9 cm³/mol. The summed E-state index contributed by atoms with van der Waals surface area (Å²) in [4.78, 5) is 0. The molecular formula is C9H5Br2Cl. The Morgan fingerprint density at radius 3 is 2.67 bits per heavy atom. The molecule has 1 aliphatic rings. The van der Waals surface area contributed by atoms with Crippen LogP contribution in [0, 0.1) is 0 Å². The molecule has 0 atom stereocenters. The average molecular weight is 308 g/mol. The highest BCUT2D eigenvalue weighted by molar-refractivity contribution is 9.16. The van der Waals surface area contributed by atoms with E-state index in [1.807, 2.05) is 12.1 Å². The van der Waals surface area contributed by atoms with Gasteiger partial charge in [0, 0.05) is 20.4 Å². The zero-order valence-corrected chi connectivity index (χ0v) is 10.0. The minimum atomic E-state index is 0.846. The van der Waals surface area contributed by atoms with Crippen LogP contribution in [-0.4, -0.2) is 0 Å². The number of benzene rings is 1. The molecule has 1 aromatic carbocycles. The molecule has 1 aromatic rings. The summed E-state index contributed by atoms with van der Waals surface area (Å²) in [5, 5.41) is 0.846. The van der Waals surface area contributed by atoms with E-state index in [0.717, 1.165) is 15.9 Å². The van der Waals surface area contributed by atoms with Gasteiger partial charge in [-0.05, 0) is 33.1 Å². The molecule has 0 aliphatic heterocycles. The van der Waals surface area contributed by atoms with Gasteiger partial charge in [0.05, 0.1) is 0 Å². The number of halogens is 3. The normalized spacial score (nSPS) is 15.2. The molecule has 1 aliphatic carbocycles. The Labute approximate surface area is 92.9 Å². The largest absolute Gasteiger partial charge is 0.0840 e. The molecule has 3 heteroatoms. The van der Waals surface area contributed by atoms with Gasteiger partial charge in [-0.2, -0.15) is 0 Å². The fraction of sp³-hybridized carbons (Fsp3) is 0.111. The lowest BCUT2D eigenvalue weighted by Crippen LogP contribution is -1.82. The summed E-state index contributed by atoms with van der Waals surface area (Å²) in [5.41, 5.74) is 2.41. The van der Waals surface area contributed by atoms with Crippen molar-refractivity contribution in [3.05, 3.63) is 38.8 Å². The monoisotopic (exact) mass is 306 g/mol. The molecule has 0 bridgehead atoms. The van der Waals surface area contributed by atoms with E-state index in [4.69, 9.17) is 11.6 Å². The van der Waals surface area contributed by atoms with Crippen LogP contribution in [0.1, 0.15) is 11.1 Å². The van der Waals surface area contributed by atoms with Gasteiger partial charge in [-0.15, -0.1) is 0 Å². The second-order valence-electron chi connectivity index (χ2n) is 2.66. The fourth-order valence-corrected chi connectivity index (χ4v) is 2.57. The molecule has 0 saturated carbocycles. The van der Waals surface area contributed by atoms with Gasteiger partial charge in [0.1, 0.15) is 0 Å². The molecule has 0 heterocycles. The Balaban J connectivity index is 2.64. The lowest BCUT2D eigenvalue weighted by Gasteiger charge is -2.00.